The number of sulfone groups is 1. The number of rotatable bonds is 3. The lowest BCUT2D eigenvalue weighted by atomic mass is 10.0. The molecule has 1 amide bonds. The highest BCUT2D eigenvalue weighted by Gasteiger charge is 2.35. The summed E-state index contributed by atoms with van der Waals surface area (Å²) in [5.74, 6) is 0.613. The van der Waals surface area contributed by atoms with Gasteiger partial charge in [-0.05, 0) is 25.7 Å². The third kappa shape index (κ3) is 3.23. The van der Waals surface area contributed by atoms with Gasteiger partial charge in [-0.3, -0.25) is 4.79 Å². The zero-order valence-electron chi connectivity index (χ0n) is 10.8. The molecule has 3 atom stereocenters. The van der Waals surface area contributed by atoms with Gasteiger partial charge >= 0.3 is 0 Å². The third-order valence-electron chi connectivity index (χ3n) is 4.01. The van der Waals surface area contributed by atoms with Crippen molar-refractivity contribution in [2.75, 3.05) is 18.6 Å². The summed E-state index contributed by atoms with van der Waals surface area (Å²) in [5.41, 5.74) is 0. The van der Waals surface area contributed by atoms with E-state index in [1.807, 2.05) is 0 Å². The second-order valence-corrected chi connectivity index (χ2v) is 7.61. The first kappa shape index (κ1) is 13.8. The number of amides is 1. The molecule has 0 aromatic carbocycles. The molecule has 3 unspecified atom stereocenters. The van der Waals surface area contributed by atoms with E-state index < -0.39 is 9.84 Å². The largest absolute Gasteiger partial charge is 0.359 e. The molecule has 1 aliphatic heterocycles. The molecule has 0 bridgehead atoms. The molecule has 2 aliphatic rings. The molecule has 5 nitrogen and oxygen atoms in total. The predicted octanol–water partition coefficient (Wildman–Crippen LogP) is 0.0679. The summed E-state index contributed by atoms with van der Waals surface area (Å²) in [7, 11) is -1.22. The van der Waals surface area contributed by atoms with E-state index in [1.165, 1.54) is 0 Å². The molecular weight excluding hydrogens is 252 g/mol. The van der Waals surface area contributed by atoms with E-state index >= 15 is 0 Å². The Bertz CT molecular complexity index is 408. The van der Waals surface area contributed by atoms with Gasteiger partial charge in [0, 0.05) is 19.1 Å². The van der Waals surface area contributed by atoms with Gasteiger partial charge in [0.1, 0.15) is 0 Å². The van der Waals surface area contributed by atoms with Gasteiger partial charge in [-0.15, -0.1) is 0 Å². The second-order valence-electron chi connectivity index (χ2n) is 5.38. The van der Waals surface area contributed by atoms with E-state index in [2.05, 4.69) is 10.6 Å². The molecule has 1 saturated carbocycles. The quantitative estimate of drug-likeness (QED) is 0.763. The zero-order valence-corrected chi connectivity index (χ0v) is 11.6. The molecule has 6 heteroatoms. The number of carbonyl (C=O) groups excluding carboxylic acids is 1. The molecule has 0 spiro atoms. The Balaban J connectivity index is 1.94. The molecule has 0 aromatic heterocycles. The minimum absolute atomic E-state index is 0.000342. The van der Waals surface area contributed by atoms with Gasteiger partial charge in [0.15, 0.2) is 9.84 Å². The van der Waals surface area contributed by atoms with Crippen molar-refractivity contribution < 1.29 is 13.2 Å². The molecule has 1 heterocycles. The first-order chi connectivity index (χ1) is 8.52. The van der Waals surface area contributed by atoms with Crippen molar-refractivity contribution >= 4 is 15.7 Å². The maximum atomic E-state index is 11.7. The highest BCUT2D eigenvalue weighted by Crippen LogP contribution is 2.27. The highest BCUT2D eigenvalue weighted by molar-refractivity contribution is 7.91. The Morgan fingerprint density at radius 2 is 1.94 bits per heavy atom. The molecule has 0 radical (unpaired) electrons. The monoisotopic (exact) mass is 274 g/mol. The zero-order chi connectivity index (χ0) is 13.2. The first-order valence-electron chi connectivity index (χ1n) is 6.70. The van der Waals surface area contributed by atoms with Crippen LogP contribution in [-0.2, 0) is 14.6 Å². The van der Waals surface area contributed by atoms with E-state index in [9.17, 15) is 13.2 Å². The summed E-state index contributed by atoms with van der Waals surface area (Å²) in [6, 6.07) is 0.169. The SMILES string of the molecule is CNC(=O)C1CCCC1NC1CCCS(=O)(=O)C1. The summed E-state index contributed by atoms with van der Waals surface area (Å²) in [4.78, 5) is 11.7. The van der Waals surface area contributed by atoms with Gasteiger partial charge in [-0.25, -0.2) is 8.42 Å². The van der Waals surface area contributed by atoms with Crippen LogP contribution >= 0.6 is 0 Å². The van der Waals surface area contributed by atoms with Crippen LogP contribution < -0.4 is 10.6 Å². The van der Waals surface area contributed by atoms with Crippen molar-refractivity contribution in [2.45, 2.75) is 44.2 Å². The topological polar surface area (TPSA) is 75.3 Å². The molecule has 18 heavy (non-hydrogen) atoms. The maximum Gasteiger partial charge on any atom is 0.224 e. The fraction of sp³-hybridized carbons (Fsp3) is 0.917. The van der Waals surface area contributed by atoms with Crippen LogP contribution in [0.25, 0.3) is 0 Å². The normalized spacial score (nSPS) is 35.3. The van der Waals surface area contributed by atoms with Crippen molar-refractivity contribution in [1.82, 2.24) is 10.6 Å². The van der Waals surface area contributed by atoms with Gasteiger partial charge < -0.3 is 10.6 Å². The Morgan fingerprint density at radius 1 is 1.17 bits per heavy atom. The van der Waals surface area contributed by atoms with E-state index in [0.717, 1.165) is 32.1 Å². The van der Waals surface area contributed by atoms with Crippen LogP contribution in [0.2, 0.25) is 0 Å². The summed E-state index contributed by atoms with van der Waals surface area (Å²) in [5, 5.41) is 6.09. The van der Waals surface area contributed by atoms with E-state index in [-0.39, 0.29) is 29.7 Å². The molecular formula is C12H22N2O3S. The van der Waals surface area contributed by atoms with Gasteiger partial charge in [-0.2, -0.15) is 0 Å². The number of hydrogen-bond acceptors (Lipinski definition) is 4. The fourth-order valence-corrected chi connectivity index (χ4v) is 4.76. The van der Waals surface area contributed by atoms with Crippen LogP contribution in [-0.4, -0.2) is 45.0 Å². The van der Waals surface area contributed by atoms with Gasteiger partial charge in [0.2, 0.25) is 5.91 Å². The molecule has 2 rings (SSSR count). The highest BCUT2D eigenvalue weighted by atomic mass is 32.2. The summed E-state index contributed by atoms with van der Waals surface area (Å²) in [6.07, 6.45) is 4.54. The van der Waals surface area contributed by atoms with Crippen molar-refractivity contribution in [3.8, 4) is 0 Å². The lowest BCUT2D eigenvalue weighted by molar-refractivity contribution is -0.124. The van der Waals surface area contributed by atoms with Crippen LogP contribution in [0, 0.1) is 5.92 Å². The molecule has 104 valence electrons. The average molecular weight is 274 g/mol. The smallest absolute Gasteiger partial charge is 0.224 e. The van der Waals surface area contributed by atoms with Gasteiger partial charge in [0.05, 0.1) is 17.4 Å². The summed E-state index contributed by atoms with van der Waals surface area (Å²) >= 11 is 0. The van der Waals surface area contributed by atoms with Crippen LogP contribution in [0.1, 0.15) is 32.1 Å². The number of nitrogens with one attached hydrogen (secondary N) is 2. The van der Waals surface area contributed by atoms with Gasteiger partial charge in [0.25, 0.3) is 0 Å². The second kappa shape index (κ2) is 5.57. The van der Waals surface area contributed by atoms with Crippen LogP contribution in [0.15, 0.2) is 0 Å². The average Bonchev–Trinajstić information content (AvgIpc) is 2.75. The van der Waals surface area contributed by atoms with E-state index in [4.69, 9.17) is 0 Å². The molecule has 2 fully saturated rings. The Kier molecular flexibility index (Phi) is 4.27. The van der Waals surface area contributed by atoms with Crippen molar-refractivity contribution in [2.24, 2.45) is 5.92 Å². The predicted molar refractivity (Wildman–Crippen MR) is 70.0 cm³/mol. The summed E-state index contributed by atoms with van der Waals surface area (Å²) < 4.78 is 23.2. The Morgan fingerprint density at radius 3 is 2.61 bits per heavy atom. The molecule has 0 aromatic rings. The van der Waals surface area contributed by atoms with Crippen LogP contribution in [0.3, 0.4) is 0 Å². The van der Waals surface area contributed by atoms with Crippen molar-refractivity contribution in [1.29, 1.82) is 0 Å². The third-order valence-corrected chi connectivity index (χ3v) is 5.83. The van der Waals surface area contributed by atoms with Crippen molar-refractivity contribution in [3.63, 3.8) is 0 Å². The molecule has 2 N–H and O–H groups in total. The maximum absolute atomic E-state index is 11.7. The first-order valence-corrected chi connectivity index (χ1v) is 8.52. The lowest BCUT2D eigenvalue weighted by Gasteiger charge is -2.28. The molecule has 1 saturated heterocycles. The minimum Gasteiger partial charge on any atom is -0.359 e. The number of carbonyl (C=O) groups is 1. The van der Waals surface area contributed by atoms with E-state index in [0.29, 0.717) is 5.75 Å². The number of hydrogen-bond donors (Lipinski definition) is 2. The Labute approximate surface area is 109 Å². The van der Waals surface area contributed by atoms with Crippen molar-refractivity contribution in [3.05, 3.63) is 0 Å². The minimum atomic E-state index is -2.88. The fourth-order valence-electron chi connectivity index (χ4n) is 3.12. The van der Waals surface area contributed by atoms with Crippen LogP contribution in [0.4, 0.5) is 0 Å². The lowest BCUT2D eigenvalue weighted by Crippen LogP contribution is -2.49. The van der Waals surface area contributed by atoms with Crippen LogP contribution in [0.5, 0.6) is 0 Å². The van der Waals surface area contributed by atoms with Gasteiger partial charge in [-0.1, -0.05) is 6.42 Å². The van der Waals surface area contributed by atoms with E-state index in [1.54, 1.807) is 7.05 Å². The standard InChI is InChI=1S/C12H22N2O3S/c1-13-12(15)10-5-2-6-11(10)14-9-4-3-7-18(16,17)8-9/h9-11,14H,2-8H2,1H3,(H,13,15). The molecule has 1 aliphatic carbocycles. The Hall–Kier alpha value is -0.620. The summed E-state index contributed by atoms with van der Waals surface area (Å²) in [6.45, 7) is 0.